The molecule has 0 amide bonds. The molecule has 0 aliphatic heterocycles. The summed E-state index contributed by atoms with van der Waals surface area (Å²) in [6.07, 6.45) is 25.9. The quantitative estimate of drug-likeness (QED) is 0.107. The maximum atomic E-state index is 4.15. The molecule has 0 heterocycles. The average molecular weight is 857 g/mol. The Morgan fingerprint density at radius 2 is 0.745 bits per heavy atom. The second kappa shape index (κ2) is 31.0. The van der Waals surface area contributed by atoms with Crippen LogP contribution in [-0.2, 0) is 34.1 Å². The Labute approximate surface area is 351 Å². The molecule has 6 heteroatoms. The molecule has 0 atom stereocenters. The molecule has 4 aliphatic rings. The predicted octanol–water partition coefficient (Wildman–Crippen LogP) is 16.7. The molecule has 0 bridgehead atoms. The van der Waals surface area contributed by atoms with Gasteiger partial charge in [0.05, 0.1) is 24.2 Å². The van der Waals surface area contributed by atoms with E-state index in [4.69, 9.17) is 0 Å². The van der Waals surface area contributed by atoms with Crippen molar-refractivity contribution in [2.75, 3.05) is 0 Å². The smallest absolute Gasteiger partial charge is 0.358 e. The van der Waals surface area contributed by atoms with E-state index in [2.05, 4.69) is 89.1 Å². The topological polar surface area (TPSA) is 0 Å². The van der Waals surface area contributed by atoms with Crippen LogP contribution in [0.3, 0.4) is 0 Å². The fraction of sp³-hybridized carbons (Fsp3) is 0.733. The summed E-state index contributed by atoms with van der Waals surface area (Å²) in [7, 11) is -4.61. The number of hydrogen-bond acceptors (Lipinski definition) is 0. The van der Waals surface area contributed by atoms with Gasteiger partial charge in [0.1, 0.15) is 8.07 Å². The second-order valence-corrected chi connectivity index (χ2v) is 37.1. The summed E-state index contributed by atoms with van der Waals surface area (Å²) in [6.45, 7) is 31.4. The normalized spacial score (nSPS) is 18.3. The van der Waals surface area contributed by atoms with Crippen molar-refractivity contribution in [2.45, 2.75) is 197 Å². The molecular weight excluding hydrogens is 765 g/mol. The summed E-state index contributed by atoms with van der Waals surface area (Å²) in [6, 6.07) is 8.62. The van der Waals surface area contributed by atoms with Crippen LogP contribution in [0.25, 0.3) is 0 Å². The summed E-state index contributed by atoms with van der Waals surface area (Å²) in [5, 5.41) is 0. The third kappa shape index (κ3) is 20.6. The van der Waals surface area contributed by atoms with Crippen molar-refractivity contribution in [3.63, 3.8) is 0 Å². The minimum atomic E-state index is -1.55. The Morgan fingerprint density at radius 3 is 1.02 bits per heavy atom. The molecule has 0 spiro atoms. The van der Waals surface area contributed by atoms with Crippen molar-refractivity contribution in [3.05, 3.63) is 78.8 Å². The summed E-state index contributed by atoms with van der Waals surface area (Å²) in [5.74, 6) is 2.27. The minimum Gasteiger partial charge on any atom is -0.358 e. The Balaban J connectivity index is -0.000000199. The molecule has 4 fully saturated rings. The van der Waals surface area contributed by atoms with Gasteiger partial charge in [-0.25, -0.2) is 0 Å². The fourth-order valence-electron chi connectivity index (χ4n) is 9.45. The number of rotatable bonds is 16. The van der Waals surface area contributed by atoms with E-state index in [0.29, 0.717) is 0 Å². The standard InChI is InChI=1S/C15H32Si2.C15H28Si2.C11H20.4CH3.2Fe/c2*1-6-17(7-2,8-3)14-13-16(4,5)15-11-9-10-12-15;1-2-6-10(5-1)9-11-7-3-4-8-11;;;;;;/h6,15H,1,7-14H2,2-5H3;6-8,15H,1-3,9-14H2,4-5H3;10-11H,1-9H2;4*1H3;;/q;;;4*-1;2*+2. The van der Waals surface area contributed by atoms with Gasteiger partial charge in [-0.1, -0.05) is 190 Å². The van der Waals surface area contributed by atoms with Crippen LogP contribution >= 0.6 is 0 Å². The summed E-state index contributed by atoms with van der Waals surface area (Å²) >= 11 is 0. The van der Waals surface area contributed by atoms with Crippen LogP contribution in [0.4, 0.5) is 0 Å². The van der Waals surface area contributed by atoms with Gasteiger partial charge in [0.2, 0.25) is 0 Å². The second-order valence-electron chi connectivity index (χ2n) is 17.5. The third-order valence-corrected chi connectivity index (χ3v) is 32.0. The molecule has 51 heavy (non-hydrogen) atoms. The Hall–Kier alpha value is 0.866. The van der Waals surface area contributed by atoms with Crippen LogP contribution in [0.5, 0.6) is 0 Å². The molecule has 0 unspecified atom stereocenters. The van der Waals surface area contributed by atoms with Gasteiger partial charge in [0.15, 0.2) is 0 Å². The fourth-order valence-corrected chi connectivity index (χ4v) is 26.2. The van der Waals surface area contributed by atoms with Crippen LogP contribution in [0.1, 0.15) is 123 Å². The van der Waals surface area contributed by atoms with Crippen molar-refractivity contribution < 1.29 is 34.1 Å². The SMILES string of the molecule is C1CCC(CC2CCCC2)C1.C=C[Si](C=C)(C=C)CC[Si](C)(C)C1CCCC1.C=C[Si](CC)(CC)CC[Si](C)(C)C1CCCC1.[CH3-].[CH3-].[CH3-].[CH3-].[Fe+2].[Fe+2]. The zero-order chi connectivity index (χ0) is 33.4. The first-order chi connectivity index (χ1) is 21.4. The first-order valence-electron chi connectivity index (χ1n) is 20.0. The van der Waals surface area contributed by atoms with Gasteiger partial charge in [-0.2, -0.15) is 0 Å². The van der Waals surface area contributed by atoms with E-state index in [1.54, 1.807) is 51.0 Å². The molecular formula is C45H92Fe2Si4. The van der Waals surface area contributed by atoms with Crippen LogP contribution in [0.2, 0.25) is 73.5 Å². The maximum absolute atomic E-state index is 4.15. The van der Waals surface area contributed by atoms with E-state index < -0.39 is 32.3 Å². The Morgan fingerprint density at radius 1 is 0.451 bits per heavy atom. The maximum Gasteiger partial charge on any atom is 2.00 e. The van der Waals surface area contributed by atoms with Crippen molar-refractivity contribution in [2.24, 2.45) is 11.8 Å². The first-order valence-corrected chi connectivity index (χ1v) is 31.7. The van der Waals surface area contributed by atoms with E-state index in [0.717, 1.165) is 22.9 Å². The molecule has 4 saturated carbocycles. The van der Waals surface area contributed by atoms with Gasteiger partial charge in [-0.3, -0.25) is 0 Å². The molecule has 0 N–H and O–H groups in total. The van der Waals surface area contributed by atoms with Gasteiger partial charge in [-0.15, -0.1) is 32.0 Å². The van der Waals surface area contributed by atoms with E-state index in [1.807, 2.05) is 0 Å². The van der Waals surface area contributed by atoms with Crippen LogP contribution < -0.4 is 0 Å². The van der Waals surface area contributed by atoms with Crippen LogP contribution in [-0.4, -0.2) is 32.3 Å². The van der Waals surface area contributed by atoms with E-state index in [1.165, 1.54) is 94.4 Å². The van der Waals surface area contributed by atoms with E-state index in [-0.39, 0.29) is 63.8 Å². The van der Waals surface area contributed by atoms with Gasteiger partial charge in [0, 0.05) is 0 Å². The predicted molar refractivity (Wildman–Crippen MR) is 246 cm³/mol. The van der Waals surface area contributed by atoms with Crippen molar-refractivity contribution in [1.82, 2.24) is 0 Å². The Kier molecular flexibility index (Phi) is 37.1. The van der Waals surface area contributed by atoms with Gasteiger partial charge >= 0.3 is 34.1 Å². The van der Waals surface area contributed by atoms with Gasteiger partial charge in [-0.05, 0) is 35.4 Å². The molecule has 0 nitrogen and oxygen atoms in total. The summed E-state index contributed by atoms with van der Waals surface area (Å²) < 4.78 is 0. The van der Waals surface area contributed by atoms with Gasteiger partial charge in [0.25, 0.3) is 0 Å². The molecule has 0 aromatic rings. The summed E-state index contributed by atoms with van der Waals surface area (Å²) in [5.41, 5.74) is 11.0. The zero-order valence-electron chi connectivity index (χ0n) is 36.4. The first kappa shape index (κ1) is 61.1. The van der Waals surface area contributed by atoms with Gasteiger partial charge < -0.3 is 29.7 Å². The molecule has 0 radical (unpaired) electrons. The minimum absolute atomic E-state index is 0. The molecule has 0 saturated heterocycles. The van der Waals surface area contributed by atoms with Crippen LogP contribution in [0.15, 0.2) is 49.1 Å². The average Bonchev–Trinajstić information content (AvgIpc) is 3.89. The largest absolute Gasteiger partial charge is 2.00 e. The number of hydrogen-bond donors (Lipinski definition) is 0. The molecule has 0 aromatic heterocycles. The third-order valence-electron chi connectivity index (χ3n) is 14.0. The van der Waals surface area contributed by atoms with E-state index >= 15 is 0 Å². The monoisotopic (exact) mass is 856 g/mol. The molecule has 4 aliphatic carbocycles. The Bertz CT molecular complexity index is 822. The van der Waals surface area contributed by atoms with E-state index in [9.17, 15) is 0 Å². The van der Waals surface area contributed by atoms with Crippen LogP contribution in [0, 0.1) is 41.5 Å². The molecule has 0 aromatic carbocycles. The van der Waals surface area contributed by atoms with Crippen molar-refractivity contribution in [3.8, 4) is 0 Å². The molecule has 4 rings (SSSR count). The van der Waals surface area contributed by atoms with Crippen molar-refractivity contribution >= 4 is 32.3 Å². The zero-order valence-corrected chi connectivity index (χ0v) is 42.6. The van der Waals surface area contributed by atoms with Crippen molar-refractivity contribution in [1.29, 1.82) is 0 Å². The molecule has 304 valence electrons. The summed E-state index contributed by atoms with van der Waals surface area (Å²) in [4.78, 5) is 0.